The Labute approximate surface area is 176 Å². The Morgan fingerprint density at radius 3 is 2.62 bits per heavy atom. The van der Waals surface area contributed by atoms with Crippen LogP contribution < -0.4 is 4.90 Å². The molecule has 0 radical (unpaired) electrons. The van der Waals surface area contributed by atoms with Gasteiger partial charge in [-0.3, -0.25) is 4.79 Å². The van der Waals surface area contributed by atoms with Crippen molar-refractivity contribution in [3.05, 3.63) is 58.7 Å². The van der Waals surface area contributed by atoms with Crippen LogP contribution in [0.2, 0.25) is 0 Å². The van der Waals surface area contributed by atoms with Crippen molar-refractivity contribution in [1.29, 1.82) is 0 Å². The van der Waals surface area contributed by atoms with E-state index < -0.39 is 0 Å². The predicted molar refractivity (Wildman–Crippen MR) is 120 cm³/mol. The smallest absolute Gasteiger partial charge is 0.226 e. The number of fused-ring (bicyclic) bond motifs is 2. The molecule has 0 bridgehead atoms. The van der Waals surface area contributed by atoms with Gasteiger partial charge in [-0.1, -0.05) is 41.7 Å². The normalized spacial score (nSPS) is 17.6. The molecular formula is C24H27N3OS. The lowest BCUT2D eigenvalue weighted by molar-refractivity contribution is -0.137. The van der Waals surface area contributed by atoms with Gasteiger partial charge in [0.05, 0.1) is 10.2 Å². The second-order valence-corrected chi connectivity index (χ2v) is 9.47. The summed E-state index contributed by atoms with van der Waals surface area (Å²) in [5.74, 6) is 0.491. The molecule has 3 aromatic rings. The minimum absolute atomic E-state index is 0.148. The Hall–Kier alpha value is -2.40. The maximum Gasteiger partial charge on any atom is 0.226 e. The molecule has 4 nitrogen and oxygen atoms in total. The molecule has 2 aliphatic rings. The van der Waals surface area contributed by atoms with Crippen molar-refractivity contribution in [3.63, 3.8) is 0 Å². The van der Waals surface area contributed by atoms with E-state index in [0.717, 1.165) is 56.1 Å². The van der Waals surface area contributed by atoms with Crippen molar-refractivity contribution < 1.29 is 4.79 Å². The van der Waals surface area contributed by atoms with E-state index in [1.54, 1.807) is 11.3 Å². The summed E-state index contributed by atoms with van der Waals surface area (Å²) < 4.78 is 1.27. The monoisotopic (exact) mass is 405 g/mol. The Kier molecular flexibility index (Phi) is 4.78. The number of aromatic nitrogens is 1. The minimum Gasteiger partial charge on any atom is -0.348 e. The number of benzene rings is 2. The Balaban J connectivity index is 1.25. The molecule has 3 heterocycles. The van der Waals surface area contributed by atoms with Gasteiger partial charge >= 0.3 is 0 Å². The van der Waals surface area contributed by atoms with Crippen LogP contribution in [0.1, 0.15) is 35.1 Å². The number of piperidine rings is 1. The number of carbonyl (C=O) groups excluding carboxylic acids is 1. The zero-order chi connectivity index (χ0) is 20.0. The van der Waals surface area contributed by atoms with Gasteiger partial charge in [-0.05, 0) is 61.4 Å². The average Bonchev–Trinajstić information content (AvgIpc) is 3.17. The van der Waals surface area contributed by atoms with Gasteiger partial charge < -0.3 is 9.80 Å². The Morgan fingerprint density at radius 2 is 1.83 bits per heavy atom. The number of amides is 1. The summed E-state index contributed by atoms with van der Waals surface area (Å²) in [6, 6.07) is 13.0. The Bertz CT molecular complexity index is 1070. The second kappa shape index (κ2) is 7.45. The van der Waals surface area contributed by atoms with E-state index in [-0.39, 0.29) is 5.92 Å². The van der Waals surface area contributed by atoms with Crippen LogP contribution in [0.25, 0.3) is 10.2 Å². The first-order chi connectivity index (χ1) is 14.1. The largest absolute Gasteiger partial charge is 0.348 e. The van der Waals surface area contributed by atoms with Crippen LogP contribution in [0, 0.1) is 19.8 Å². The third-order valence-electron chi connectivity index (χ3n) is 6.38. The van der Waals surface area contributed by atoms with E-state index in [9.17, 15) is 4.79 Å². The molecule has 2 aromatic carbocycles. The lowest BCUT2D eigenvalue weighted by atomic mass is 9.93. The molecule has 5 heteroatoms. The SMILES string of the molecule is Cc1cc(C)c2nc(N3CCC(C(=O)N4CCc5ccccc5C4)CC3)sc2c1. The molecule has 0 atom stereocenters. The van der Waals surface area contributed by atoms with Crippen molar-refractivity contribution in [2.24, 2.45) is 5.92 Å². The summed E-state index contributed by atoms with van der Waals surface area (Å²) in [5.41, 5.74) is 6.37. The molecule has 0 aliphatic carbocycles. The van der Waals surface area contributed by atoms with E-state index in [1.165, 1.54) is 27.0 Å². The molecule has 150 valence electrons. The molecule has 0 saturated carbocycles. The zero-order valence-electron chi connectivity index (χ0n) is 17.1. The molecule has 1 aromatic heterocycles. The molecule has 2 aliphatic heterocycles. The van der Waals surface area contributed by atoms with Crippen LogP contribution in [-0.4, -0.2) is 35.4 Å². The lowest BCUT2D eigenvalue weighted by Crippen LogP contribution is -2.44. The summed E-state index contributed by atoms with van der Waals surface area (Å²) in [6.45, 7) is 7.73. The predicted octanol–water partition coefficient (Wildman–Crippen LogP) is 4.71. The van der Waals surface area contributed by atoms with Crippen LogP contribution in [0.5, 0.6) is 0 Å². The van der Waals surface area contributed by atoms with E-state index in [4.69, 9.17) is 4.98 Å². The fourth-order valence-corrected chi connectivity index (χ4v) is 5.95. The molecular weight excluding hydrogens is 378 g/mol. The van der Waals surface area contributed by atoms with E-state index in [1.807, 2.05) is 0 Å². The highest BCUT2D eigenvalue weighted by Gasteiger charge is 2.31. The molecule has 0 unspecified atom stereocenters. The third kappa shape index (κ3) is 3.52. The molecule has 1 amide bonds. The fourth-order valence-electron chi connectivity index (χ4n) is 4.75. The van der Waals surface area contributed by atoms with Gasteiger partial charge in [-0.15, -0.1) is 0 Å². The number of carbonyl (C=O) groups is 1. The highest BCUT2D eigenvalue weighted by molar-refractivity contribution is 7.22. The minimum atomic E-state index is 0.148. The molecule has 1 saturated heterocycles. The number of hydrogen-bond donors (Lipinski definition) is 0. The van der Waals surface area contributed by atoms with E-state index >= 15 is 0 Å². The molecule has 29 heavy (non-hydrogen) atoms. The second-order valence-electron chi connectivity index (χ2n) is 8.46. The maximum atomic E-state index is 13.1. The molecule has 0 N–H and O–H groups in total. The van der Waals surface area contributed by atoms with Crippen LogP contribution in [0.4, 0.5) is 5.13 Å². The number of hydrogen-bond acceptors (Lipinski definition) is 4. The highest BCUT2D eigenvalue weighted by atomic mass is 32.1. The number of rotatable bonds is 2. The van der Waals surface area contributed by atoms with Crippen molar-refractivity contribution in [3.8, 4) is 0 Å². The highest BCUT2D eigenvalue weighted by Crippen LogP contribution is 2.34. The van der Waals surface area contributed by atoms with Gasteiger partial charge in [0.25, 0.3) is 0 Å². The van der Waals surface area contributed by atoms with Crippen molar-refractivity contribution in [2.45, 2.75) is 39.7 Å². The van der Waals surface area contributed by atoms with Crippen molar-refractivity contribution in [2.75, 3.05) is 24.5 Å². The topological polar surface area (TPSA) is 36.4 Å². The molecule has 1 fully saturated rings. The molecule has 5 rings (SSSR count). The fraction of sp³-hybridized carbons (Fsp3) is 0.417. The number of nitrogens with zero attached hydrogens (tertiary/aromatic N) is 3. The summed E-state index contributed by atoms with van der Waals surface area (Å²) in [6.07, 6.45) is 2.82. The van der Waals surface area contributed by atoms with Crippen molar-refractivity contribution in [1.82, 2.24) is 9.88 Å². The van der Waals surface area contributed by atoms with Crippen LogP contribution in [-0.2, 0) is 17.8 Å². The Morgan fingerprint density at radius 1 is 1.07 bits per heavy atom. The summed E-state index contributed by atoms with van der Waals surface area (Å²) in [4.78, 5) is 22.5. The lowest BCUT2D eigenvalue weighted by Gasteiger charge is -2.36. The summed E-state index contributed by atoms with van der Waals surface area (Å²) in [7, 11) is 0. The van der Waals surface area contributed by atoms with Crippen molar-refractivity contribution >= 4 is 32.6 Å². The van der Waals surface area contributed by atoms with Crippen LogP contribution in [0.15, 0.2) is 36.4 Å². The quantitative estimate of drug-likeness (QED) is 0.619. The first-order valence-electron chi connectivity index (χ1n) is 10.6. The van der Waals surface area contributed by atoms with E-state index in [0.29, 0.717) is 5.91 Å². The standard InChI is InChI=1S/C24H27N3OS/c1-16-13-17(2)22-21(14-16)29-24(25-22)26-10-8-19(9-11-26)23(28)27-12-7-18-5-3-4-6-20(18)15-27/h3-6,13-14,19H,7-12,15H2,1-2H3. The average molecular weight is 406 g/mol. The van der Waals surface area contributed by atoms with Gasteiger partial charge in [0.2, 0.25) is 5.91 Å². The number of aryl methyl sites for hydroxylation is 2. The third-order valence-corrected chi connectivity index (χ3v) is 7.44. The van der Waals surface area contributed by atoms with Gasteiger partial charge in [-0.25, -0.2) is 4.98 Å². The van der Waals surface area contributed by atoms with Gasteiger partial charge in [0.15, 0.2) is 5.13 Å². The zero-order valence-corrected chi connectivity index (χ0v) is 18.0. The summed E-state index contributed by atoms with van der Waals surface area (Å²) in [5, 5.41) is 1.10. The van der Waals surface area contributed by atoms with E-state index in [2.05, 4.69) is 60.0 Å². The molecule has 0 spiro atoms. The summed E-state index contributed by atoms with van der Waals surface area (Å²) >= 11 is 1.78. The first-order valence-corrected chi connectivity index (χ1v) is 11.4. The van der Waals surface area contributed by atoms with Gasteiger partial charge in [0.1, 0.15) is 0 Å². The van der Waals surface area contributed by atoms with Crippen LogP contribution >= 0.6 is 11.3 Å². The first kappa shape index (κ1) is 18.6. The maximum absolute atomic E-state index is 13.1. The number of anilines is 1. The van der Waals surface area contributed by atoms with Gasteiger partial charge in [-0.2, -0.15) is 0 Å². The van der Waals surface area contributed by atoms with Crippen LogP contribution in [0.3, 0.4) is 0 Å². The van der Waals surface area contributed by atoms with Gasteiger partial charge in [0, 0.05) is 32.1 Å². The number of thiazole rings is 1.